The van der Waals surface area contributed by atoms with Crippen LogP contribution in [-0.2, 0) is 42.5 Å². The first-order valence-electron chi connectivity index (χ1n) is 19.7. The predicted octanol–water partition coefficient (Wildman–Crippen LogP) is 5.91. The topological polar surface area (TPSA) is 118 Å². The van der Waals surface area contributed by atoms with Crippen molar-refractivity contribution in [2.75, 3.05) is 0 Å². The number of rotatable bonds is 17. The summed E-state index contributed by atoms with van der Waals surface area (Å²) in [4.78, 5) is -0.537. The summed E-state index contributed by atoms with van der Waals surface area (Å²) in [7, 11) is -7.06. The Labute approximate surface area is 361 Å². The highest BCUT2D eigenvalue weighted by molar-refractivity contribution is 7.94. The van der Waals surface area contributed by atoms with Crippen LogP contribution in [0.5, 0.6) is 0 Å². The van der Waals surface area contributed by atoms with E-state index in [1.54, 1.807) is 13.0 Å². The fourth-order valence-electron chi connectivity index (χ4n) is 7.82. The Bertz CT molecular complexity index is 2770. The number of aryl methyl sites for hydroxylation is 1. The van der Waals surface area contributed by atoms with E-state index in [1.165, 1.54) is 62.9 Å². The summed E-state index contributed by atoms with van der Waals surface area (Å²) in [6, 6.07) is 37.8. The maximum Gasteiger partial charge on any atom is 0.294 e. The SMILES string of the molecule is C=CCc1cc(BC)ccc1C(C)(C)c1ccc(Bc2ccc(-c3ccc(Bc4ccc(S(=O)(=O)c5ccc(C)c(SOO)c5)cc4S(=O)(=O)O)cc3)cc2)cc1CC=C. The molecule has 0 aromatic heterocycles. The molecule has 0 aliphatic heterocycles. The van der Waals surface area contributed by atoms with Crippen LogP contribution < -0.4 is 27.3 Å². The van der Waals surface area contributed by atoms with E-state index in [-0.39, 0.29) is 27.9 Å². The summed E-state index contributed by atoms with van der Waals surface area (Å²) >= 11 is 0.593. The lowest BCUT2D eigenvalue weighted by atomic mass is 9.62. The third-order valence-electron chi connectivity index (χ3n) is 11.1. The Kier molecular flexibility index (Phi) is 14.0. The van der Waals surface area contributed by atoms with Gasteiger partial charge >= 0.3 is 0 Å². The van der Waals surface area contributed by atoms with Gasteiger partial charge in [0, 0.05) is 10.3 Å². The second-order valence-electron chi connectivity index (χ2n) is 15.5. The lowest BCUT2D eigenvalue weighted by molar-refractivity contribution is -0.116. The van der Waals surface area contributed by atoms with E-state index in [2.05, 4.69) is 98.8 Å². The molecular formula is C47H47B3O7S3. The first kappa shape index (κ1) is 44.7. The minimum absolute atomic E-state index is 0.121. The molecule has 6 aromatic rings. The first-order chi connectivity index (χ1) is 28.6. The number of sulfone groups is 1. The highest BCUT2D eigenvalue weighted by Gasteiger charge is 2.28. The second kappa shape index (κ2) is 18.8. The van der Waals surface area contributed by atoms with Crippen molar-refractivity contribution in [3.8, 4) is 11.1 Å². The molecule has 13 heteroatoms. The Morgan fingerprint density at radius 3 is 1.70 bits per heavy atom. The maximum atomic E-state index is 13.5. The third-order valence-corrected chi connectivity index (χ3v) is 14.5. The summed E-state index contributed by atoms with van der Waals surface area (Å²) in [6.45, 7) is 16.6. The van der Waals surface area contributed by atoms with E-state index in [1.807, 2.05) is 36.4 Å². The van der Waals surface area contributed by atoms with Gasteiger partial charge in [0.05, 0.1) is 26.7 Å². The van der Waals surface area contributed by atoms with Crippen LogP contribution in [0.2, 0.25) is 6.82 Å². The fourth-order valence-corrected chi connectivity index (χ4v) is 10.5. The molecule has 0 unspecified atom stereocenters. The van der Waals surface area contributed by atoms with E-state index in [9.17, 15) is 21.4 Å². The van der Waals surface area contributed by atoms with Crippen molar-refractivity contribution in [3.63, 3.8) is 0 Å². The molecule has 304 valence electrons. The van der Waals surface area contributed by atoms with Crippen LogP contribution in [0.3, 0.4) is 0 Å². The van der Waals surface area contributed by atoms with E-state index in [0.29, 0.717) is 22.5 Å². The van der Waals surface area contributed by atoms with Gasteiger partial charge in [-0.25, -0.2) is 13.7 Å². The van der Waals surface area contributed by atoms with Gasteiger partial charge in [-0.15, -0.1) is 13.2 Å². The first-order valence-corrected chi connectivity index (χ1v) is 23.3. The van der Waals surface area contributed by atoms with Crippen molar-refractivity contribution in [3.05, 3.63) is 174 Å². The minimum atomic E-state index is -4.78. The number of benzene rings is 6. The molecule has 0 spiro atoms. The van der Waals surface area contributed by atoms with Crippen molar-refractivity contribution in [2.45, 2.75) is 65.4 Å². The molecule has 2 N–H and O–H groups in total. The zero-order valence-electron chi connectivity index (χ0n) is 34.3. The summed E-state index contributed by atoms with van der Waals surface area (Å²) in [5.41, 5.74) is 12.4. The van der Waals surface area contributed by atoms with Gasteiger partial charge in [0.1, 0.15) is 0 Å². The molecule has 0 atom stereocenters. The number of hydrogen-bond acceptors (Lipinski definition) is 7. The molecule has 0 bridgehead atoms. The molecule has 0 saturated heterocycles. The quantitative estimate of drug-likeness (QED) is 0.0291. The van der Waals surface area contributed by atoms with Gasteiger partial charge in [0.15, 0.2) is 21.8 Å². The molecule has 0 heterocycles. The van der Waals surface area contributed by atoms with Gasteiger partial charge in [-0.3, -0.25) is 4.55 Å². The number of allylic oxidation sites excluding steroid dienone is 2. The average Bonchev–Trinajstić information content (AvgIpc) is 3.22. The highest BCUT2D eigenvalue weighted by Crippen LogP contribution is 2.36. The lowest BCUT2D eigenvalue weighted by Gasteiger charge is -2.31. The van der Waals surface area contributed by atoms with Crippen LogP contribution in [0, 0.1) is 6.92 Å². The minimum Gasteiger partial charge on any atom is -0.282 e. The van der Waals surface area contributed by atoms with Crippen LogP contribution >= 0.6 is 12.0 Å². The molecule has 0 radical (unpaired) electrons. The number of hydrogen-bond donors (Lipinski definition) is 2. The summed E-state index contributed by atoms with van der Waals surface area (Å²) in [6.07, 6.45) is 5.55. The van der Waals surface area contributed by atoms with Crippen molar-refractivity contribution in [1.29, 1.82) is 0 Å². The van der Waals surface area contributed by atoms with E-state index < -0.39 is 24.9 Å². The zero-order valence-corrected chi connectivity index (χ0v) is 36.8. The van der Waals surface area contributed by atoms with Crippen molar-refractivity contribution in [1.82, 2.24) is 0 Å². The lowest BCUT2D eigenvalue weighted by Crippen LogP contribution is -2.31. The van der Waals surface area contributed by atoms with Crippen LogP contribution in [0.1, 0.15) is 41.7 Å². The Hall–Kier alpha value is -4.88. The van der Waals surface area contributed by atoms with E-state index in [0.717, 1.165) is 50.1 Å². The van der Waals surface area contributed by atoms with E-state index in [4.69, 9.17) is 5.26 Å². The van der Waals surface area contributed by atoms with Crippen molar-refractivity contribution < 1.29 is 31.0 Å². The summed E-state index contributed by atoms with van der Waals surface area (Å²) < 4.78 is 66.4. The Balaban J connectivity index is 1.18. The van der Waals surface area contributed by atoms with E-state index >= 15 is 0 Å². The summed E-state index contributed by atoms with van der Waals surface area (Å²) in [5.74, 6) is 0. The van der Waals surface area contributed by atoms with Gasteiger partial charge in [-0.05, 0) is 83.0 Å². The smallest absolute Gasteiger partial charge is 0.282 e. The molecule has 6 aromatic carbocycles. The Morgan fingerprint density at radius 1 is 0.667 bits per heavy atom. The van der Waals surface area contributed by atoms with Gasteiger partial charge < -0.3 is 0 Å². The standard InChI is InChI=1S/C47H47B3O7S3/c1-7-9-34-27-38(48-6)20-24-42(34)47(4,5)43-25-21-39(28-35(43)10-8-2)49-36-16-12-32(13-17-36)33-14-18-37(19-15-33)50-44-26-23-41(30-46(44)60(54,55)56)59(52,53)40-22-11-31(3)45(29-40)58-57-51/h7-8,11-30,48-51H,1-2,9-10H2,3-6H3,(H,54,55,56). The van der Waals surface area contributed by atoms with Gasteiger partial charge in [0.2, 0.25) is 9.84 Å². The van der Waals surface area contributed by atoms with Crippen molar-refractivity contribution in [2.24, 2.45) is 0 Å². The molecule has 0 saturated carbocycles. The second-order valence-corrected chi connectivity index (χ2v) is 19.6. The normalized spacial score (nSPS) is 11.8. The third kappa shape index (κ3) is 10.0. The Morgan fingerprint density at radius 2 is 1.17 bits per heavy atom. The van der Waals surface area contributed by atoms with Crippen LogP contribution in [0.4, 0.5) is 0 Å². The molecular weight excluding hydrogens is 805 g/mol. The maximum absolute atomic E-state index is 13.5. The molecule has 0 aliphatic rings. The summed E-state index contributed by atoms with van der Waals surface area (Å²) in [5, 5.41) is 8.87. The molecule has 6 rings (SSSR count). The predicted molar refractivity (Wildman–Crippen MR) is 253 cm³/mol. The largest absolute Gasteiger partial charge is 0.294 e. The molecule has 7 nitrogen and oxygen atoms in total. The van der Waals surface area contributed by atoms with Crippen LogP contribution in [-0.4, -0.2) is 48.5 Å². The van der Waals surface area contributed by atoms with Gasteiger partial charge in [-0.1, -0.05) is 157 Å². The van der Waals surface area contributed by atoms with Gasteiger partial charge in [0.25, 0.3) is 10.1 Å². The zero-order chi connectivity index (χ0) is 43.2. The molecule has 0 fully saturated rings. The highest BCUT2D eigenvalue weighted by atomic mass is 32.2. The average molecular weight is 853 g/mol. The van der Waals surface area contributed by atoms with Crippen LogP contribution in [0.15, 0.2) is 166 Å². The molecule has 60 heavy (non-hydrogen) atoms. The van der Waals surface area contributed by atoms with Crippen molar-refractivity contribution >= 4 is 81.2 Å². The molecule has 0 aliphatic carbocycles. The van der Waals surface area contributed by atoms with Gasteiger partial charge in [-0.2, -0.15) is 12.8 Å². The van der Waals surface area contributed by atoms with Crippen LogP contribution in [0.25, 0.3) is 11.1 Å². The molecule has 0 amide bonds. The fraction of sp³-hybridized carbons (Fsp3) is 0.149. The monoisotopic (exact) mass is 852 g/mol.